The molecule has 3 aromatic carbocycles. The molecule has 10 heteroatoms. The van der Waals surface area contributed by atoms with Crippen molar-refractivity contribution in [2.24, 2.45) is 5.10 Å². The predicted molar refractivity (Wildman–Crippen MR) is 153 cm³/mol. The summed E-state index contributed by atoms with van der Waals surface area (Å²) in [5, 5.41) is 11.6. The second kappa shape index (κ2) is 13.4. The minimum Gasteiger partial charge on any atom is -0.494 e. The number of hydrogen-bond acceptors (Lipinski definition) is 6. The number of anilines is 2. The number of ether oxygens (including phenoxy) is 1. The second-order valence-electron chi connectivity index (χ2n) is 8.83. The van der Waals surface area contributed by atoms with Crippen LogP contribution in [0.5, 0.6) is 5.75 Å². The number of carbonyl (C=O) groups is 2. The Morgan fingerprint density at radius 2 is 1.72 bits per heavy atom. The van der Waals surface area contributed by atoms with E-state index in [-0.39, 0.29) is 27.6 Å². The van der Waals surface area contributed by atoms with Crippen molar-refractivity contribution in [1.29, 1.82) is 0 Å². The third-order valence-electron chi connectivity index (χ3n) is 5.59. The largest absolute Gasteiger partial charge is 0.494 e. The summed E-state index contributed by atoms with van der Waals surface area (Å²) in [4.78, 5) is 28.2. The Hall–Kier alpha value is -4.39. The number of rotatable bonds is 10. The van der Waals surface area contributed by atoms with Gasteiger partial charge in [0.25, 0.3) is 11.8 Å². The third-order valence-corrected chi connectivity index (χ3v) is 5.81. The number of amides is 2. The fraction of sp³-hybridized carbons (Fsp3) is 0.207. The van der Waals surface area contributed by atoms with Gasteiger partial charge in [-0.3, -0.25) is 14.6 Å². The highest BCUT2D eigenvalue weighted by Crippen LogP contribution is 2.33. The molecule has 0 unspecified atom stereocenters. The number of benzene rings is 3. The zero-order valence-electron chi connectivity index (χ0n) is 22.1. The van der Waals surface area contributed by atoms with Crippen LogP contribution >= 0.6 is 11.6 Å². The molecule has 0 spiro atoms. The first-order valence-corrected chi connectivity index (χ1v) is 12.3. The van der Waals surface area contributed by atoms with Crippen molar-refractivity contribution in [3.8, 4) is 18.1 Å². The quantitative estimate of drug-likeness (QED) is 0.215. The summed E-state index contributed by atoms with van der Waals surface area (Å²) in [6.07, 6.45) is 6.89. The van der Waals surface area contributed by atoms with E-state index in [0.29, 0.717) is 23.4 Å². The molecule has 0 atom stereocenters. The molecule has 8 nitrogen and oxygen atoms in total. The molecule has 3 rings (SSSR count). The molecule has 2 amide bonds. The molecule has 0 aromatic heterocycles. The normalized spacial score (nSPS) is 10.8. The van der Waals surface area contributed by atoms with Gasteiger partial charge in [0, 0.05) is 42.5 Å². The number of hydrazone groups is 1. The molecule has 0 saturated heterocycles. The van der Waals surface area contributed by atoms with Crippen LogP contribution in [0, 0.1) is 18.2 Å². The fourth-order valence-electron chi connectivity index (χ4n) is 3.44. The number of carbonyl (C=O) groups excluding carboxylic acids is 2. The van der Waals surface area contributed by atoms with Crippen LogP contribution in [0.15, 0.2) is 59.7 Å². The lowest BCUT2D eigenvalue weighted by molar-refractivity contribution is 0.102. The van der Waals surface area contributed by atoms with Crippen LogP contribution in [0.1, 0.15) is 31.8 Å². The maximum Gasteiger partial charge on any atom is 0.258 e. The molecule has 0 bridgehead atoms. The van der Waals surface area contributed by atoms with Crippen molar-refractivity contribution in [2.45, 2.75) is 0 Å². The smallest absolute Gasteiger partial charge is 0.258 e. The molecule has 3 aromatic rings. The average Bonchev–Trinajstić information content (AvgIpc) is 2.91. The van der Waals surface area contributed by atoms with Crippen LogP contribution in [0.4, 0.5) is 15.8 Å². The Morgan fingerprint density at radius 1 is 1.03 bits per heavy atom. The fourth-order valence-corrected chi connectivity index (χ4v) is 3.65. The standard InChI is InChI=1S/C29H29ClFN5O3/c1-6-19-7-10-22(11-8-19)33-29(38)24-16-21(30)17-26(39-5)27(24)34-28(37)23-12-9-20(15-25(23)31)18-32-36(4)14-13-35(2)3/h1,7-12,15-18H,13-14H2,2-5H3,(H,33,38)(H,34,37). The van der Waals surface area contributed by atoms with Gasteiger partial charge in [-0.05, 0) is 62.1 Å². The highest BCUT2D eigenvalue weighted by atomic mass is 35.5. The molecule has 0 aliphatic rings. The van der Waals surface area contributed by atoms with Gasteiger partial charge in [-0.15, -0.1) is 6.42 Å². The van der Waals surface area contributed by atoms with E-state index in [1.807, 2.05) is 26.0 Å². The van der Waals surface area contributed by atoms with E-state index in [0.717, 1.165) is 6.54 Å². The molecule has 2 N–H and O–H groups in total. The Morgan fingerprint density at radius 3 is 2.33 bits per heavy atom. The summed E-state index contributed by atoms with van der Waals surface area (Å²) < 4.78 is 20.3. The van der Waals surface area contributed by atoms with E-state index >= 15 is 0 Å². The molecule has 0 heterocycles. The van der Waals surface area contributed by atoms with Gasteiger partial charge in [0.2, 0.25) is 0 Å². The number of halogens is 2. The van der Waals surface area contributed by atoms with Crippen molar-refractivity contribution in [1.82, 2.24) is 9.91 Å². The summed E-state index contributed by atoms with van der Waals surface area (Å²) in [6, 6.07) is 13.6. The molecular formula is C29H29ClFN5O3. The second-order valence-corrected chi connectivity index (χ2v) is 9.27. The van der Waals surface area contributed by atoms with Crippen molar-refractivity contribution < 1.29 is 18.7 Å². The number of nitrogens with zero attached hydrogens (tertiary/aromatic N) is 3. The van der Waals surface area contributed by atoms with Crippen molar-refractivity contribution in [2.75, 3.05) is 52.0 Å². The molecule has 0 aliphatic carbocycles. The zero-order chi connectivity index (χ0) is 28.5. The van der Waals surface area contributed by atoms with Gasteiger partial charge in [-0.2, -0.15) is 5.10 Å². The molecule has 0 radical (unpaired) electrons. The topological polar surface area (TPSA) is 86.3 Å². The summed E-state index contributed by atoms with van der Waals surface area (Å²) in [6.45, 7) is 1.51. The number of hydrogen-bond donors (Lipinski definition) is 2. The molecule has 39 heavy (non-hydrogen) atoms. The zero-order valence-corrected chi connectivity index (χ0v) is 22.8. The summed E-state index contributed by atoms with van der Waals surface area (Å²) in [7, 11) is 7.11. The van der Waals surface area contributed by atoms with Crippen LogP contribution in [-0.4, -0.2) is 69.3 Å². The lowest BCUT2D eigenvalue weighted by Gasteiger charge is -2.16. The van der Waals surface area contributed by atoms with Crippen LogP contribution < -0.4 is 15.4 Å². The van der Waals surface area contributed by atoms with Crippen molar-refractivity contribution in [3.05, 3.63) is 87.7 Å². The minimum atomic E-state index is -0.771. The van der Waals surface area contributed by atoms with Gasteiger partial charge in [0.1, 0.15) is 11.6 Å². The monoisotopic (exact) mass is 549 g/mol. The first-order valence-electron chi connectivity index (χ1n) is 11.9. The summed E-state index contributed by atoms with van der Waals surface area (Å²) in [5.74, 6) is 0.548. The Bertz CT molecular complexity index is 1420. The minimum absolute atomic E-state index is 0.0265. The SMILES string of the molecule is C#Cc1ccc(NC(=O)c2cc(Cl)cc(OC)c2NC(=O)c2ccc(C=NN(C)CCN(C)C)cc2F)cc1. The lowest BCUT2D eigenvalue weighted by atomic mass is 10.1. The summed E-state index contributed by atoms with van der Waals surface area (Å²) >= 11 is 6.20. The van der Waals surface area contributed by atoms with E-state index in [1.165, 1.54) is 37.6 Å². The first-order chi connectivity index (χ1) is 18.6. The molecule has 0 aliphatic heterocycles. The highest BCUT2D eigenvalue weighted by molar-refractivity contribution is 6.31. The van der Waals surface area contributed by atoms with Crippen LogP contribution in [0.2, 0.25) is 5.02 Å². The highest BCUT2D eigenvalue weighted by Gasteiger charge is 2.22. The predicted octanol–water partition coefficient (Wildman–Crippen LogP) is 4.80. The molecular weight excluding hydrogens is 521 g/mol. The molecule has 202 valence electrons. The van der Waals surface area contributed by atoms with E-state index in [1.54, 1.807) is 35.3 Å². The van der Waals surface area contributed by atoms with Crippen LogP contribution in [0.3, 0.4) is 0 Å². The Kier molecular flexibility index (Phi) is 10.0. The van der Waals surface area contributed by atoms with Gasteiger partial charge >= 0.3 is 0 Å². The number of terminal acetylenes is 1. The van der Waals surface area contributed by atoms with Crippen molar-refractivity contribution >= 4 is 41.0 Å². The van der Waals surface area contributed by atoms with Crippen LogP contribution in [0.25, 0.3) is 0 Å². The Labute approximate surface area is 232 Å². The maximum absolute atomic E-state index is 14.9. The van der Waals surface area contributed by atoms with Gasteiger partial charge in [0.05, 0.1) is 30.1 Å². The van der Waals surface area contributed by atoms with E-state index in [9.17, 15) is 14.0 Å². The van der Waals surface area contributed by atoms with E-state index < -0.39 is 17.6 Å². The van der Waals surface area contributed by atoms with E-state index in [4.69, 9.17) is 22.8 Å². The van der Waals surface area contributed by atoms with Crippen molar-refractivity contribution in [3.63, 3.8) is 0 Å². The number of methoxy groups -OCH3 is 1. The molecule has 0 saturated carbocycles. The number of likely N-dealkylation sites (N-methyl/N-ethyl adjacent to an activating group) is 2. The van der Waals surface area contributed by atoms with Gasteiger partial charge in [-0.1, -0.05) is 23.6 Å². The third kappa shape index (κ3) is 8.04. The first kappa shape index (κ1) is 29.2. The maximum atomic E-state index is 14.9. The van der Waals surface area contributed by atoms with Crippen LogP contribution in [-0.2, 0) is 0 Å². The van der Waals surface area contributed by atoms with Gasteiger partial charge < -0.3 is 20.3 Å². The number of nitrogens with one attached hydrogen (secondary N) is 2. The summed E-state index contributed by atoms with van der Waals surface area (Å²) in [5.41, 5.74) is 1.46. The molecule has 0 fully saturated rings. The average molecular weight is 550 g/mol. The Balaban J connectivity index is 1.83. The van der Waals surface area contributed by atoms with Gasteiger partial charge in [-0.25, -0.2) is 4.39 Å². The van der Waals surface area contributed by atoms with E-state index in [2.05, 4.69) is 21.7 Å². The van der Waals surface area contributed by atoms with Gasteiger partial charge in [0.15, 0.2) is 0 Å². The lowest BCUT2D eigenvalue weighted by Crippen LogP contribution is -2.25.